The van der Waals surface area contributed by atoms with Gasteiger partial charge in [0, 0.05) is 37.8 Å². The molecule has 2 aliphatic heterocycles. The highest BCUT2D eigenvalue weighted by atomic mass is 32.2. The highest BCUT2D eigenvalue weighted by molar-refractivity contribution is 7.89. The molecule has 214 valence electrons. The number of rotatable bonds is 9. The fourth-order valence-electron chi connectivity index (χ4n) is 5.19. The van der Waals surface area contributed by atoms with Crippen LogP contribution in [0.25, 0.3) is 0 Å². The van der Waals surface area contributed by atoms with Crippen molar-refractivity contribution in [2.45, 2.75) is 37.0 Å². The minimum atomic E-state index is -3.70. The molecule has 11 heteroatoms. The Bertz CT molecular complexity index is 1550. The summed E-state index contributed by atoms with van der Waals surface area (Å²) in [5.41, 5.74) is 0.677. The van der Waals surface area contributed by atoms with Crippen LogP contribution in [0.15, 0.2) is 71.6 Å². The maximum atomic E-state index is 14.8. The number of benzene rings is 3. The van der Waals surface area contributed by atoms with Gasteiger partial charge in [-0.2, -0.15) is 4.31 Å². The Balaban J connectivity index is 1.30. The van der Waals surface area contributed by atoms with Crippen LogP contribution >= 0.6 is 0 Å². The molecular formula is C30H29F2N3O5S. The van der Waals surface area contributed by atoms with Gasteiger partial charge < -0.3 is 4.90 Å². The molecule has 0 atom stereocenters. The largest absolute Gasteiger partial charge is 0.306 e. The van der Waals surface area contributed by atoms with E-state index >= 15 is 0 Å². The fourth-order valence-corrected chi connectivity index (χ4v) is 6.71. The molecular weight excluding hydrogens is 552 g/mol. The number of carbonyl (C=O) groups is 3. The van der Waals surface area contributed by atoms with E-state index in [9.17, 15) is 31.6 Å². The normalized spacial score (nSPS) is 15.7. The average Bonchev–Trinajstić information content (AvgIpc) is 3.23. The number of hydrogen-bond donors (Lipinski definition) is 0. The molecule has 0 aromatic heterocycles. The molecule has 0 radical (unpaired) electrons. The quantitative estimate of drug-likeness (QED) is 0.266. The van der Waals surface area contributed by atoms with Gasteiger partial charge in [0.05, 0.1) is 21.7 Å². The second-order valence-electron chi connectivity index (χ2n) is 10.1. The van der Waals surface area contributed by atoms with E-state index in [0.717, 1.165) is 35.1 Å². The van der Waals surface area contributed by atoms with Crippen LogP contribution in [0.5, 0.6) is 0 Å². The molecule has 0 spiro atoms. The van der Waals surface area contributed by atoms with Crippen LogP contribution in [0.2, 0.25) is 0 Å². The first-order valence-electron chi connectivity index (χ1n) is 13.5. The predicted octanol–water partition coefficient (Wildman–Crippen LogP) is 4.86. The number of amides is 3. The van der Waals surface area contributed by atoms with Crippen molar-refractivity contribution >= 4 is 33.4 Å². The van der Waals surface area contributed by atoms with Crippen LogP contribution in [-0.2, 0) is 10.0 Å². The molecule has 1 saturated heterocycles. The number of anilines is 1. The summed E-state index contributed by atoms with van der Waals surface area (Å²) in [7, 11) is -3.70. The molecule has 2 aliphatic rings. The van der Waals surface area contributed by atoms with Crippen molar-refractivity contribution in [1.82, 2.24) is 9.21 Å². The van der Waals surface area contributed by atoms with Crippen molar-refractivity contribution in [2.24, 2.45) is 0 Å². The third-order valence-corrected chi connectivity index (χ3v) is 9.30. The summed E-state index contributed by atoms with van der Waals surface area (Å²) in [5, 5.41) is 0. The number of piperidine rings is 1. The molecule has 5 rings (SSSR count). The average molecular weight is 582 g/mol. The lowest BCUT2D eigenvalue weighted by Crippen LogP contribution is -2.36. The van der Waals surface area contributed by atoms with Gasteiger partial charge in [-0.25, -0.2) is 17.2 Å². The van der Waals surface area contributed by atoms with E-state index in [1.807, 2.05) is 0 Å². The van der Waals surface area contributed by atoms with E-state index in [-0.39, 0.29) is 41.1 Å². The number of hydrogen-bond acceptors (Lipinski definition) is 5. The maximum Gasteiger partial charge on any atom is 0.261 e. The Morgan fingerprint density at radius 2 is 1.46 bits per heavy atom. The van der Waals surface area contributed by atoms with Gasteiger partial charge >= 0.3 is 0 Å². The van der Waals surface area contributed by atoms with Gasteiger partial charge in [-0.05, 0) is 74.2 Å². The second-order valence-corrected chi connectivity index (χ2v) is 12.0. The number of fused-ring (bicyclic) bond motifs is 1. The molecule has 0 aliphatic carbocycles. The van der Waals surface area contributed by atoms with Crippen LogP contribution in [0.4, 0.5) is 14.5 Å². The monoisotopic (exact) mass is 581 g/mol. The summed E-state index contributed by atoms with van der Waals surface area (Å²) < 4.78 is 55.9. The second kappa shape index (κ2) is 11.9. The number of sulfonamides is 1. The van der Waals surface area contributed by atoms with Crippen molar-refractivity contribution in [3.05, 3.63) is 95.1 Å². The molecule has 0 unspecified atom stereocenters. The highest BCUT2D eigenvalue weighted by Gasteiger charge is 2.34. The van der Waals surface area contributed by atoms with Gasteiger partial charge in [0.25, 0.3) is 17.7 Å². The van der Waals surface area contributed by atoms with Crippen LogP contribution in [-0.4, -0.2) is 61.5 Å². The molecule has 2 heterocycles. The summed E-state index contributed by atoms with van der Waals surface area (Å²) in [6.45, 7) is 1.02. The molecule has 1 fully saturated rings. The van der Waals surface area contributed by atoms with E-state index in [1.165, 1.54) is 34.6 Å². The predicted molar refractivity (Wildman–Crippen MR) is 148 cm³/mol. The SMILES string of the molecule is O=C1c2ccccc2C(=O)N1CCCCN(C(=O)c1ccc(S(=O)(=O)N2CCCCC2)cc1)c1ccc(F)cc1F. The first kappa shape index (κ1) is 28.6. The van der Waals surface area contributed by atoms with Gasteiger partial charge in [-0.1, -0.05) is 18.6 Å². The standard InChI is InChI=1S/C30H29F2N3O5S/c31-22-12-15-27(26(32)20-22)34(18-6-7-19-35-29(37)24-8-2-3-9-25(24)30(35)38)28(36)21-10-13-23(14-11-21)41(39,40)33-16-4-1-5-17-33/h2-3,8-15,20H,1,4-7,16-19H2. The minimum absolute atomic E-state index is 0.0123. The third kappa shape index (κ3) is 5.77. The molecule has 0 saturated carbocycles. The van der Waals surface area contributed by atoms with Crippen LogP contribution < -0.4 is 4.90 Å². The van der Waals surface area contributed by atoms with Crippen molar-refractivity contribution in [1.29, 1.82) is 0 Å². The van der Waals surface area contributed by atoms with E-state index in [0.29, 0.717) is 43.1 Å². The molecule has 3 aromatic rings. The van der Waals surface area contributed by atoms with E-state index in [4.69, 9.17) is 0 Å². The molecule has 41 heavy (non-hydrogen) atoms. The zero-order valence-corrected chi connectivity index (χ0v) is 23.1. The van der Waals surface area contributed by atoms with Gasteiger partial charge in [-0.15, -0.1) is 0 Å². The van der Waals surface area contributed by atoms with Gasteiger partial charge in [0.15, 0.2) is 0 Å². The topological polar surface area (TPSA) is 95.1 Å². The molecule has 8 nitrogen and oxygen atoms in total. The van der Waals surface area contributed by atoms with E-state index in [1.54, 1.807) is 24.3 Å². The smallest absolute Gasteiger partial charge is 0.261 e. The number of nitrogens with zero attached hydrogens (tertiary/aromatic N) is 3. The lowest BCUT2D eigenvalue weighted by molar-refractivity contribution is 0.0651. The van der Waals surface area contributed by atoms with Gasteiger partial charge in [0.2, 0.25) is 10.0 Å². The summed E-state index contributed by atoms with van der Waals surface area (Å²) >= 11 is 0. The van der Waals surface area contributed by atoms with Crippen LogP contribution in [0.3, 0.4) is 0 Å². The van der Waals surface area contributed by atoms with E-state index in [2.05, 4.69) is 0 Å². The summed E-state index contributed by atoms with van der Waals surface area (Å²) in [4.78, 5) is 41.2. The Morgan fingerprint density at radius 3 is 2.07 bits per heavy atom. The number of halogens is 2. The highest BCUT2D eigenvalue weighted by Crippen LogP contribution is 2.26. The first-order valence-corrected chi connectivity index (χ1v) is 14.9. The maximum absolute atomic E-state index is 14.8. The van der Waals surface area contributed by atoms with Crippen molar-refractivity contribution in [3.63, 3.8) is 0 Å². The summed E-state index contributed by atoms with van der Waals surface area (Å²) in [5.74, 6) is -3.09. The van der Waals surface area contributed by atoms with Crippen molar-refractivity contribution in [3.8, 4) is 0 Å². The Hall–Kier alpha value is -3.96. The Labute approximate surface area is 237 Å². The molecule has 3 aromatic carbocycles. The summed E-state index contributed by atoms with van der Waals surface area (Å²) in [6, 6.07) is 14.9. The van der Waals surface area contributed by atoms with Crippen LogP contribution in [0.1, 0.15) is 63.2 Å². The molecule has 0 N–H and O–H groups in total. The molecule has 3 amide bonds. The van der Waals surface area contributed by atoms with Crippen molar-refractivity contribution < 1.29 is 31.6 Å². The van der Waals surface area contributed by atoms with Gasteiger partial charge in [-0.3, -0.25) is 19.3 Å². The Kier molecular flexibility index (Phi) is 8.27. The lowest BCUT2D eigenvalue weighted by atomic mass is 10.1. The zero-order chi connectivity index (χ0) is 29.1. The number of imide groups is 1. The summed E-state index contributed by atoms with van der Waals surface area (Å²) in [6.07, 6.45) is 3.21. The van der Waals surface area contributed by atoms with Crippen LogP contribution in [0, 0.1) is 11.6 Å². The minimum Gasteiger partial charge on any atom is -0.306 e. The first-order chi connectivity index (χ1) is 19.7. The fraction of sp³-hybridized carbons (Fsp3) is 0.300. The Morgan fingerprint density at radius 1 is 0.829 bits per heavy atom. The van der Waals surface area contributed by atoms with Gasteiger partial charge in [0.1, 0.15) is 11.6 Å². The van der Waals surface area contributed by atoms with E-state index < -0.39 is 27.6 Å². The number of carbonyl (C=O) groups excluding carboxylic acids is 3. The lowest BCUT2D eigenvalue weighted by Gasteiger charge is -2.26. The third-order valence-electron chi connectivity index (χ3n) is 7.39. The van der Waals surface area contributed by atoms with Crippen molar-refractivity contribution in [2.75, 3.05) is 31.1 Å². The molecule has 0 bridgehead atoms. The number of unbranched alkanes of at least 4 members (excludes halogenated alkanes) is 1. The zero-order valence-electron chi connectivity index (χ0n) is 22.3.